The van der Waals surface area contributed by atoms with Crippen molar-refractivity contribution in [2.45, 2.75) is 31.6 Å². The summed E-state index contributed by atoms with van der Waals surface area (Å²) in [5, 5.41) is 8.67. The second-order valence-corrected chi connectivity index (χ2v) is 3.99. The van der Waals surface area contributed by atoms with Gasteiger partial charge in [0.2, 0.25) is 0 Å². The lowest BCUT2D eigenvalue weighted by Crippen LogP contribution is -2.04. The second kappa shape index (κ2) is 3.86. The lowest BCUT2D eigenvalue weighted by molar-refractivity contribution is -0.138. The molecule has 3 heteroatoms. The number of hydrogen-bond acceptors (Lipinski definition) is 2. The van der Waals surface area contributed by atoms with E-state index in [2.05, 4.69) is 0 Å². The lowest BCUT2D eigenvalue weighted by atomic mass is 10.0. The summed E-state index contributed by atoms with van der Waals surface area (Å²) in [7, 11) is 0. The van der Waals surface area contributed by atoms with Gasteiger partial charge in [-0.1, -0.05) is 0 Å². The molecule has 1 aliphatic rings. The average Bonchev–Trinajstić information content (AvgIpc) is 2.69. The number of rotatable bonds is 3. The summed E-state index contributed by atoms with van der Waals surface area (Å²) in [6.07, 6.45) is 5.01. The van der Waals surface area contributed by atoms with E-state index in [0.717, 1.165) is 25.0 Å². The van der Waals surface area contributed by atoms with E-state index >= 15 is 0 Å². The van der Waals surface area contributed by atoms with E-state index in [1.807, 2.05) is 12.1 Å². The average molecular weight is 194 g/mol. The van der Waals surface area contributed by atoms with Gasteiger partial charge in [-0.2, -0.15) is 0 Å². The molecule has 76 valence electrons. The second-order valence-electron chi connectivity index (χ2n) is 3.99. The van der Waals surface area contributed by atoms with E-state index in [1.54, 1.807) is 6.26 Å². The van der Waals surface area contributed by atoms with Gasteiger partial charge in [-0.25, -0.2) is 0 Å². The molecule has 2 rings (SSSR count). The van der Waals surface area contributed by atoms with Crippen LogP contribution in [0.2, 0.25) is 0 Å². The molecule has 1 aromatic rings. The van der Waals surface area contributed by atoms with E-state index in [9.17, 15) is 4.79 Å². The highest BCUT2D eigenvalue weighted by molar-refractivity contribution is 5.67. The fourth-order valence-corrected chi connectivity index (χ4v) is 2.29. The Hall–Kier alpha value is -1.25. The van der Waals surface area contributed by atoms with Gasteiger partial charge >= 0.3 is 5.97 Å². The van der Waals surface area contributed by atoms with Gasteiger partial charge in [-0.15, -0.1) is 0 Å². The number of carbonyl (C=O) groups is 1. The third kappa shape index (κ3) is 1.97. The maximum absolute atomic E-state index is 10.5. The summed E-state index contributed by atoms with van der Waals surface area (Å²) in [5.74, 6) is 1.10. The van der Waals surface area contributed by atoms with Gasteiger partial charge in [0.05, 0.1) is 6.26 Å². The molecule has 0 radical (unpaired) electrons. The van der Waals surface area contributed by atoms with Crippen molar-refractivity contribution in [1.82, 2.24) is 0 Å². The molecular weight excluding hydrogens is 180 g/mol. The van der Waals surface area contributed by atoms with Gasteiger partial charge in [0.15, 0.2) is 0 Å². The summed E-state index contributed by atoms with van der Waals surface area (Å²) in [5.41, 5.74) is 0. The number of hydrogen-bond donors (Lipinski definition) is 1. The molecule has 3 nitrogen and oxygen atoms in total. The van der Waals surface area contributed by atoms with Crippen LogP contribution in [0, 0.1) is 5.92 Å². The van der Waals surface area contributed by atoms with Crippen molar-refractivity contribution < 1.29 is 14.3 Å². The van der Waals surface area contributed by atoms with Crippen LogP contribution < -0.4 is 0 Å². The minimum atomic E-state index is -0.685. The van der Waals surface area contributed by atoms with Crippen molar-refractivity contribution in [2.24, 2.45) is 5.92 Å². The molecule has 1 aromatic heterocycles. The third-order valence-electron chi connectivity index (χ3n) is 2.95. The molecule has 1 saturated carbocycles. The molecule has 1 fully saturated rings. The van der Waals surface area contributed by atoms with Crippen molar-refractivity contribution in [3.63, 3.8) is 0 Å². The van der Waals surface area contributed by atoms with Crippen molar-refractivity contribution in [3.05, 3.63) is 24.2 Å². The third-order valence-corrected chi connectivity index (χ3v) is 2.95. The smallest absolute Gasteiger partial charge is 0.303 e. The molecular formula is C11H14O3. The molecule has 0 bridgehead atoms. The van der Waals surface area contributed by atoms with E-state index in [1.165, 1.54) is 0 Å². The minimum absolute atomic E-state index is 0.303. The minimum Gasteiger partial charge on any atom is -0.481 e. The van der Waals surface area contributed by atoms with Crippen LogP contribution in [-0.2, 0) is 4.79 Å². The Balaban J connectivity index is 1.92. The number of carboxylic acid groups (broad SMARTS) is 1. The molecule has 0 aromatic carbocycles. The SMILES string of the molecule is O=C(O)CC1CCC(c2ccco2)C1. The predicted octanol–water partition coefficient (Wildman–Crippen LogP) is 2.64. The lowest BCUT2D eigenvalue weighted by Gasteiger charge is -2.06. The molecule has 0 amide bonds. The monoisotopic (exact) mass is 194 g/mol. The zero-order valence-electron chi connectivity index (χ0n) is 7.98. The van der Waals surface area contributed by atoms with Crippen LogP contribution in [0.25, 0.3) is 0 Å². The van der Waals surface area contributed by atoms with E-state index in [0.29, 0.717) is 18.3 Å². The molecule has 1 N–H and O–H groups in total. The van der Waals surface area contributed by atoms with Gasteiger partial charge in [0.25, 0.3) is 0 Å². The van der Waals surface area contributed by atoms with Crippen molar-refractivity contribution >= 4 is 5.97 Å². The molecule has 0 saturated heterocycles. The molecule has 0 aliphatic heterocycles. The van der Waals surface area contributed by atoms with Crippen LogP contribution in [0.1, 0.15) is 37.4 Å². The standard InChI is InChI=1S/C11H14O3/c12-11(13)7-8-3-4-9(6-8)10-2-1-5-14-10/h1-2,5,8-9H,3-4,6-7H2,(H,12,13). The Labute approximate surface area is 82.7 Å². The van der Waals surface area contributed by atoms with E-state index < -0.39 is 5.97 Å². The fraction of sp³-hybridized carbons (Fsp3) is 0.545. The van der Waals surface area contributed by atoms with Crippen LogP contribution >= 0.6 is 0 Å². The molecule has 2 atom stereocenters. The first kappa shape index (κ1) is 9.31. The highest BCUT2D eigenvalue weighted by Crippen LogP contribution is 2.39. The topological polar surface area (TPSA) is 50.4 Å². The number of furan rings is 1. The summed E-state index contributed by atoms with van der Waals surface area (Å²) in [4.78, 5) is 10.5. The molecule has 14 heavy (non-hydrogen) atoms. The van der Waals surface area contributed by atoms with E-state index in [-0.39, 0.29) is 0 Å². The number of carboxylic acids is 1. The van der Waals surface area contributed by atoms with Crippen LogP contribution in [0.15, 0.2) is 22.8 Å². The Morgan fingerprint density at radius 1 is 1.57 bits per heavy atom. The Bertz CT molecular complexity index is 302. The van der Waals surface area contributed by atoms with Crippen molar-refractivity contribution in [1.29, 1.82) is 0 Å². The fourth-order valence-electron chi connectivity index (χ4n) is 2.29. The Morgan fingerprint density at radius 3 is 3.07 bits per heavy atom. The van der Waals surface area contributed by atoms with Gasteiger partial charge in [-0.05, 0) is 37.3 Å². The van der Waals surface area contributed by atoms with E-state index in [4.69, 9.17) is 9.52 Å². The summed E-state index contributed by atoms with van der Waals surface area (Å²) < 4.78 is 5.32. The zero-order valence-corrected chi connectivity index (χ0v) is 7.98. The zero-order chi connectivity index (χ0) is 9.97. The highest BCUT2D eigenvalue weighted by Gasteiger charge is 2.28. The molecule has 1 aliphatic carbocycles. The summed E-state index contributed by atoms with van der Waals surface area (Å²) >= 11 is 0. The van der Waals surface area contributed by atoms with Gasteiger partial charge in [-0.3, -0.25) is 4.79 Å². The first-order chi connectivity index (χ1) is 6.75. The van der Waals surface area contributed by atoms with Crippen molar-refractivity contribution in [3.8, 4) is 0 Å². The maximum atomic E-state index is 10.5. The summed E-state index contributed by atoms with van der Waals surface area (Å²) in [6, 6.07) is 3.87. The van der Waals surface area contributed by atoms with Crippen LogP contribution in [0.4, 0.5) is 0 Å². The normalized spacial score (nSPS) is 26.6. The maximum Gasteiger partial charge on any atom is 0.303 e. The van der Waals surface area contributed by atoms with Crippen LogP contribution in [0.3, 0.4) is 0 Å². The quantitative estimate of drug-likeness (QED) is 0.804. The first-order valence-corrected chi connectivity index (χ1v) is 5.01. The summed E-state index contributed by atoms with van der Waals surface area (Å²) in [6.45, 7) is 0. The molecule has 0 spiro atoms. The number of aliphatic carboxylic acids is 1. The Kier molecular flexibility index (Phi) is 2.57. The molecule has 2 unspecified atom stereocenters. The van der Waals surface area contributed by atoms with Gasteiger partial charge in [0, 0.05) is 12.3 Å². The van der Waals surface area contributed by atoms with Crippen molar-refractivity contribution in [2.75, 3.05) is 0 Å². The first-order valence-electron chi connectivity index (χ1n) is 5.01. The molecule has 1 heterocycles. The highest BCUT2D eigenvalue weighted by atomic mass is 16.4. The Morgan fingerprint density at radius 2 is 2.43 bits per heavy atom. The van der Waals surface area contributed by atoms with Gasteiger partial charge in [0.1, 0.15) is 5.76 Å². The van der Waals surface area contributed by atoms with Gasteiger partial charge < -0.3 is 9.52 Å². The van der Waals surface area contributed by atoms with Crippen LogP contribution in [0.5, 0.6) is 0 Å². The largest absolute Gasteiger partial charge is 0.481 e. The predicted molar refractivity (Wildman–Crippen MR) is 51.0 cm³/mol. The van der Waals surface area contributed by atoms with Crippen LogP contribution in [-0.4, -0.2) is 11.1 Å².